The van der Waals surface area contributed by atoms with Gasteiger partial charge < -0.3 is 20.2 Å². The number of nitrogens with one attached hydrogen (secondary N) is 1. The number of likely N-dealkylation sites (N-methyl/N-ethyl adjacent to an activating group) is 1. The highest BCUT2D eigenvalue weighted by Crippen LogP contribution is 2.38. The summed E-state index contributed by atoms with van der Waals surface area (Å²) in [7, 11) is 6.36. The number of aromatic nitrogens is 1. The van der Waals surface area contributed by atoms with Crippen molar-refractivity contribution in [2.75, 3.05) is 39.5 Å². The molecule has 0 bridgehead atoms. The van der Waals surface area contributed by atoms with E-state index in [0.29, 0.717) is 5.75 Å². The number of phenolic OH excluding ortho intramolecular Hbond substituents is 1. The first-order chi connectivity index (χ1) is 14.0. The zero-order valence-electron chi connectivity index (χ0n) is 17.8. The third-order valence-electron chi connectivity index (χ3n) is 5.74. The molecule has 1 aromatic heterocycles. The monoisotopic (exact) mass is 390 g/mol. The van der Waals surface area contributed by atoms with E-state index >= 15 is 0 Å². The zero-order chi connectivity index (χ0) is 20.5. The minimum absolute atomic E-state index is 0.304. The average Bonchev–Trinajstić information content (AvgIpc) is 2.86. The molecular formula is C24H30N4O. The maximum Gasteiger partial charge on any atom is 0.134 e. The minimum Gasteiger partial charge on any atom is -0.508 e. The number of phenols is 1. The van der Waals surface area contributed by atoms with Crippen LogP contribution in [-0.2, 0) is 6.54 Å². The van der Waals surface area contributed by atoms with E-state index in [4.69, 9.17) is 4.98 Å². The molecule has 0 atom stereocenters. The van der Waals surface area contributed by atoms with E-state index in [9.17, 15) is 5.11 Å². The fourth-order valence-corrected chi connectivity index (χ4v) is 4.27. The number of allylic oxidation sites excluding steroid dienone is 2. The van der Waals surface area contributed by atoms with Crippen molar-refractivity contribution < 1.29 is 5.11 Å². The van der Waals surface area contributed by atoms with Crippen LogP contribution in [0.4, 0.5) is 5.82 Å². The van der Waals surface area contributed by atoms with Crippen LogP contribution < -0.4 is 15.8 Å². The van der Waals surface area contributed by atoms with Gasteiger partial charge in [-0.05, 0) is 74.1 Å². The smallest absolute Gasteiger partial charge is 0.134 e. The van der Waals surface area contributed by atoms with Crippen molar-refractivity contribution >= 4 is 17.5 Å². The lowest BCUT2D eigenvalue weighted by Gasteiger charge is -2.34. The predicted octanol–water partition coefficient (Wildman–Crippen LogP) is 2.17. The molecule has 1 aromatic carbocycles. The molecule has 29 heavy (non-hydrogen) atoms. The summed E-state index contributed by atoms with van der Waals surface area (Å²) in [5.41, 5.74) is 6.20. The lowest BCUT2D eigenvalue weighted by Crippen LogP contribution is -2.34. The van der Waals surface area contributed by atoms with E-state index in [0.717, 1.165) is 48.7 Å². The summed E-state index contributed by atoms with van der Waals surface area (Å²) in [6.07, 6.45) is 8.37. The van der Waals surface area contributed by atoms with E-state index in [2.05, 4.69) is 55.3 Å². The lowest BCUT2D eigenvalue weighted by atomic mass is 9.88. The summed E-state index contributed by atoms with van der Waals surface area (Å²) in [5.74, 6) is 1.26. The molecule has 4 rings (SSSR count). The third kappa shape index (κ3) is 3.75. The first-order valence-corrected chi connectivity index (χ1v) is 10.3. The van der Waals surface area contributed by atoms with Crippen LogP contribution in [0.2, 0.25) is 0 Å². The Bertz CT molecular complexity index is 1080. The van der Waals surface area contributed by atoms with Gasteiger partial charge in [0.25, 0.3) is 0 Å². The minimum atomic E-state index is 0.304. The average molecular weight is 391 g/mol. The van der Waals surface area contributed by atoms with Gasteiger partial charge in [-0.25, -0.2) is 4.98 Å². The van der Waals surface area contributed by atoms with Crippen molar-refractivity contribution in [1.82, 2.24) is 14.8 Å². The molecule has 2 aliphatic rings. The quantitative estimate of drug-likeness (QED) is 0.767. The summed E-state index contributed by atoms with van der Waals surface area (Å²) in [4.78, 5) is 9.33. The Morgan fingerprint density at radius 2 is 2.07 bits per heavy atom. The summed E-state index contributed by atoms with van der Waals surface area (Å²) >= 11 is 0. The first kappa shape index (κ1) is 19.5. The molecule has 1 aliphatic carbocycles. The van der Waals surface area contributed by atoms with Crippen LogP contribution >= 0.6 is 0 Å². The second-order valence-corrected chi connectivity index (χ2v) is 8.26. The molecule has 2 heterocycles. The topological polar surface area (TPSA) is 51.6 Å². The molecule has 0 radical (unpaired) electrons. The van der Waals surface area contributed by atoms with Gasteiger partial charge in [0.15, 0.2) is 0 Å². The highest BCUT2D eigenvalue weighted by atomic mass is 16.3. The van der Waals surface area contributed by atoms with Crippen molar-refractivity contribution in [3.05, 3.63) is 63.3 Å². The van der Waals surface area contributed by atoms with Crippen LogP contribution in [0.3, 0.4) is 0 Å². The molecule has 1 aliphatic heterocycles. The molecule has 152 valence electrons. The molecule has 0 amide bonds. The summed E-state index contributed by atoms with van der Waals surface area (Å²) in [5, 5.41) is 15.9. The van der Waals surface area contributed by atoms with Crippen molar-refractivity contribution in [2.45, 2.75) is 26.3 Å². The van der Waals surface area contributed by atoms with Gasteiger partial charge in [0.1, 0.15) is 11.6 Å². The number of hydrogen-bond donors (Lipinski definition) is 2. The summed E-state index contributed by atoms with van der Waals surface area (Å²) in [6, 6.07) is 5.68. The highest BCUT2D eigenvalue weighted by Gasteiger charge is 2.28. The van der Waals surface area contributed by atoms with E-state index in [-0.39, 0.29) is 0 Å². The van der Waals surface area contributed by atoms with Crippen molar-refractivity contribution in [2.24, 2.45) is 0 Å². The summed E-state index contributed by atoms with van der Waals surface area (Å²) < 4.78 is 0. The van der Waals surface area contributed by atoms with Crippen LogP contribution in [0.15, 0.2) is 36.2 Å². The Kier molecular flexibility index (Phi) is 5.33. The van der Waals surface area contributed by atoms with Crippen LogP contribution in [0, 0.1) is 6.92 Å². The Balaban J connectivity index is 1.91. The van der Waals surface area contributed by atoms with Gasteiger partial charge in [0.2, 0.25) is 0 Å². The number of nitrogens with zero attached hydrogens (tertiary/aromatic N) is 3. The van der Waals surface area contributed by atoms with Crippen LogP contribution in [-0.4, -0.2) is 54.1 Å². The Labute approximate surface area is 172 Å². The zero-order valence-corrected chi connectivity index (χ0v) is 17.8. The number of rotatable bonds is 5. The van der Waals surface area contributed by atoms with Crippen LogP contribution in [0.5, 0.6) is 5.75 Å². The van der Waals surface area contributed by atoms with Gasteiger partial charge in [-0.2, -0.15) is 0 Å². The number of benzene rings is 1. The molecule has 5 heteroatoms. The molecular weight excluding hydrogens is 360 g/mol. The standard InChI is InChI=1S/C24H30N4O/c1-16-14-26-24(25-11-6-12-27(2)3)23-20(16)15-28(4)21-8-5-7-17-13-18(29)9-10-19(17)22(21)23/h7-10,13-14,29H,5-6,11-12,15H2,1-4H3,(H,25,26). The summed E-state index contributed by atoms with van der Waals surface area (Å²) in [6.45, 7) is 4.95. The Morgan fingerprint density at radius 3 is 2.86 bits per heavy atom. The number of pyridine rings is 1. The number of fused-ring (bicyclic) bond motifs is 4. The fraction of sp³-hybridized carbons (Fsp3) is 0.375. The maximum atomic E-state index is 10.0. The van der Waals surface area contributed by atoms with Gasteiger partial charge in [0, 0.05) is 43.2 Å². The molecule has 2 N–H and O–H groups in total. The van der Waals surface area contributed by atoms with Gasteiger partial charge in [0.05, 0.1) is 0 Å². The van der Waals surface area contributed by atoms with E-state index in [1.165, 1.54) is 28.0 Å². The van der Waals surface area contributed by atoms with E-state index in [1.54, 1.807) is 6.07 Å². The highest BCUT2D eigenvalue weighted by molar-refractivity contribution is 5.88. The second kappa shape index (κ2) is 7.91. The number of anilines is 1. The SMILES string of the molecule is Cc1cnc(NCCCN(C)C)c2c1CN(C)C1=CCC=c3cc(O)ccc3=C12. The fourth-order valence-electron chi connectivity index (χ4n) is 4.27. The number of aryl methyl sites for hydroxylation is 1. The second-order valence-electron chi connectivity index (χ2n) is 8.26. The Hall–Kier alpha value is -2.79. The van der Waals surface area contributed by atoms with Gasteiger partial charge in [-0.3, -0.25) is 0 Å². The third-order valence-corrected chi connectivity index (χ3v) is 5.74. The van der Waals surface area contributed by atoms with Crippen LogP contribution in [0.1, 0.15) is 29.5 Å². The van der Waals surface area contributed by atoms with Crippen LogP contribution in [0.25, 0.3) is 11.6 Å². The molecule has 0 spiro atoms. The van der Waals surface area contributed by atoms with Crippen molar-refractivity contribution in [1.29, 1.82) is 0 Å². The molecule has 0 saturated carbocycles. The van der Waals surface area contributed by atoms with Gasteiger partial charge in [-0.15, -0.1) is 0 Å². The number of aromatic hydroxyl groups is 1. The molecule has 5 nitrogen and oxygen atoms in total. The lowest BCUT2D eigenvalue weighted by molar-refractivity contribution is 0.405. The Morgan fingerprint density at radius 1 is 1.24 bits per heavy atom. The van der Waals surface area contributed by atoms with Gasteiger partial charge >= 0.3 is 0 Å². The van der Waals surface area contributed by atoms with E-state index < -0.39 is 0 Å². The van der Waals surface area contributed by atoms with Gasteiger partial charge in [-0.1, -0.05) is 18.2 Å². The van der Waals surface area contributed by atoms with Crippen molar-refractivity contribution in [3.63, 3.8) is 0 Å². The molecule has 2 aromatic rings. The normalized spacial score (nSPS) is 15.1. The first-order valence-electron chi connectivity index (χ1n) is 10.3. The largest absolute Gasteiger partial charge is 0.508 e. The molecule has 0 fully saturated rings. The van der Waals surface area contributed by atoms with E-state index in [1.807, 2.05) is 18.3 Å². The number of hydrogen-bond acceptors (Lipinski definition) is 5. The maximum absolute atomic E-state index is 10.0. The predicted molar refractivity (Wildman–Crippen MR) is 119 cm³/mol. The van der Waals surface area contributed by atoms with Crippen molar-refractivity contribution in [3.8, 4) is 5.75 Å². The molecule has 0 saturated heterocycles. The molecule has 0 unspecified atom stereocenters.